The minimum Gasteiger partial charge on any atom is -0.469 e. The van der Waals surface area contributed by atoms with E-state index in [0.29, 0.717) is 25.7 Å². The van der Waals surface area contributed by atoms with Crippen LogP contribution in [0.4, 0.5) is 0 Å². The number of nitrogens with zero attached hydrogens (tertiary/aromatic N) is 1. The van der Waals surface area contributed by atoms with Crippen molar-refractivity contribution in [2.24, 2.45) is 5.92 Å². The Hall–Kier alpha value is -1.13. The molecule has 19 heavy (non-hydrogen) atoms. The van der Waals surface area contributed by atoms with E-state index in [0.717, 1.165) is 0 Å². The number of carbonyl (C=O) groups is 1. The van der Waals surface area contributed by atoms with Crippen LogP contribution in [-0.2, 0) is 19.6 Å². The van der Waals surface area contributed by atoms with Gasteiger partial charge in [-0.1, -0.05) is 6.92 Å². The Balaban J connectivity index is 2.54. The molecule has 1 aliphatic carbocycles. The average Bonchev–Trinajstić information content (AvgIpc) is 2.39. The number of nitriles is 1. The molecule has 1 fully saturated rings. The van der Waals surface area contributed by atoms with Crippen LogP contribution in [0.1, 0.15) is 39.0 Å². The summed E-state index contributed by atoms with van der Waals surface area (Å²) in [5, 5.41) is 7.80. The van der Waals surface area contributed by atoms with Crippen LogP contribution >= 0.6 is 0 Å². The first-order valence-corrected chi connectivity index (χ1v) is 7.97. The van der Waals surface area contributed by atoms with Crippen LogP contribution in [0.3, 0.4) is 0 Å². The zero-order valence-electron chi connectivity index (χ0n) is 11.3. The van der Waals surface area contributed by atoms with Gasteiger partial charge in [0.15, 0.2) is 5.25 Å². The van der Waals surface area contributed by atoms with E-state index < -0.39 is 15.3 Å². The third-order valence-corrected chi connectivity index (χ3v) is 5.33. The van der Waals surface area contributed by atoms with Crippen molar-refractivity contribution in [2.75, 3.05) is 7.11 Å². The molecular weight excluding hydrogens is 268 g/mol. The van der Waals surface area contributed by atoms with Gasteiger partial charge in [0.2, 0.25) is 10.0 Å². The Morgan fingerprint density at radius 2 is 2.00 bits per heavy atom. The van der Waals surface area contributed by atoms with Crippen LogP contribution in [0.5, 0.6) is 0 Å². The van der Waals surface area contributed by atoms with Gasteiger partial charge in [-0.05, 0) is 32.1 Å². The summed E-state index contributed by atoms with van der Waals surface area (Å²) < 4.78 is 31.1. The summed E-state index contributed by atoms with van der Waals surface area (Å²) in [5.41, 5.74) is 0. The van der Waals surface area contributed by atoms with Crippen molar-refractivity contribution in [2.45, 2.75) is 50.3 Å². The van der Waals surface area contributed by atoms with E-state index in [-0.39, 0.29) is 24.3 Å². The van der Waals surface area contributed by atoms with Crippen LogP contribution in [0.25, 0.3) is 0 Å². The third kappa shape index (κ3) is 4.18. The Kier molecular flexibility index (Phi) is 5.76. The third-order valence-electron chi connectivity index (χ3n) is 3.48. The average molecular weight is 288 g/mol. The van der Waals surface area contributed by atoms with Crippen LogP contribution in [0, 0.1) is 17.2 Å². The summed E-state index contributed by atoms with van der Waals surface area (Å²) in [6.45, 7) is 1.67. The van der Waals surface area contributed by atoms with Gasteiger partial charge in [-0.3, -0.25) is 4.79 Å². The molecule has 0 saturated heterocycles. The van der Waals surface area contributed by atoms with Crippen molar-refractivity contribution in [3.63, 3.8) is 0 Å². The van der Waals surface area contributed by atoms with Crippen LogP contribution in [-0.4, -0.2) is 32.8 Å². The number of carbonyl (C=O) groups excluding carboxylic acids is 1. The minimum atomic E-state index is -3.59. The van der Waals surface area contributed by atoms with E-state index in [1.54, 1.807) is 13.0 Å². The predicted molar refractivity (Wildman–Crippen MR) is 69.5 cm³/mol. The number of esters is 1. The lowest BCUT2D eigenvalue weighted by Gasteiger charge is -2.27. The number of rotatable bonds is 5. The van der Waals surface area contributed by atoms with Crippen molar-refractivity contribution < 1.29 is 17.9 Å². The maximum absolute atomic E-state index is 11.9. The number of hydrogen-bond donors (Lipinski definition) is 1. The quantitative estimate of drug-likeness (QED) is 0.759. The first kappa shape index (κ1) is 15.9. The molecule has 7 heteroatoms. The molecule has 0 aliphatic heterocycles. The molecule has 1 saturated carbocycles. The van der Waals surface area contributed by atoms with E-state index in [2.05, 4.69) is 9.46 Å². The summed E-state index contributed by atoms with van der Waals surface area (Å²) >= 11 is 0. The van der Waals surface area contributed by atoms with Crippen LogP contribution < -0.4 is 4.72 Å². The van der Waals surface area contributed by atoms with Gasteiger partial charge in [-0.25, -0.2) is 13.1 Å². The minimum absolute atomic E-state index is 0.135. The highest BCUT2D eigenvalue weighted by atomic mass is 32.2. The zero-order valence-corrected chi connectivity index (χ0v) is 12.1. The highest BCUT2D eigenvalue weighted by molar-refractivity contribution is 7.90. The standard InChI is InChI=1S/C12H20N2O4S/c1-3-11(8-13)19(16,17)14-10-6-4-9(5-7-10)12(15)18-2/h9-11,14H,3-7H2,1-2H3. The molecule has 0 aromatic heterocycles. The van der Waals surface area contributed by atoms with Crippen molar-refractivity contribution in [3.8, 4) is 6.07 Å². The highest BCUT2D eigenvalue weighted by Crippen LogP contribution is 2.26. The van der Waals surface area contributed by atoms with Gasteiger partial charge in [0.05, 0.1) is 19.1 Å². The lowest BCUT2D eigenvalue weighted by Crippen LogP contribution is -2.42. The van der Waals surface area contributed by atoms with Gasteiger partial charge in [0.1, 0.15) is 0 Å². The summed E-state index contributed by atoms with van der Waals surface area (Å²) in [7, 11) is -2.24. The Morgan fingerprint density at radius 1 is 1.42 bits per heavy atom. The normalized spacial score (nSPS) is 25.3. The van der Waals surface area contributed by atoms with E-state index in [4.69, 9.17) is 5.26 Å². The Bertz CT molecular complexity index is 447. The largest absolute Gasteiger partial charge is 0.469 e. The van der Waals surface area contributed by atoms with Crippen molar-refractivity contribution >= 4 is 16.0 Å². The summed E-state index contributed by atoms with van der Waals surface area (Å²) in [6, 6.07) is 1.61. The molecule has 1 atom stereocenters. The summed E-state index contributed by atoms with van der Waals surface area (Å²) in [4.78, 5) is 11.4. The summed E-state index contributed by atoms with van der Waals surface area (Å²) in [6.07, 6.45) is 2.69. The zero-order chi connectivity index (χ0) is 14.5. The molecule has 1 unspecified atom stereocenters. The number of sulfonamides is 1. The van der Waals surface area contributed by atoms with Gasteiger partial charge in [0, 0.05) is 6.04 Å². The summed E-state index contributed by atoms with van der Waals surface area (Å²) in [5.74, 6) is -0.367. The maximum Gasteiger partial charge on any atom is 0.308 e. The van der Waals surface area contributed by atoms with Crippen molar-refractivity contribution in [3.05, 3.63) is 0 Å². The van der Waals surface area contributed by atoms with E-state index >= 15 is 0 Å². The van der Waals surface area contributed by atoms with Gasteiger partial charge < -0.3 is 4.74 Å². The van der Waals surface area contributed by atoms with Gasteiger partial charge in [0.25, 0.3) is 0 Å². The van der Waals surface area contributed by atoms with Gasteiger partial charge in [-0.2, -0.15) is 5.26 Å². The number of hydrogen-bond acceptors (Lipinski definition) is 5. The lowest BCUT2D eigenvalue weighted by molar-refractivity contribution is -0.146. The Morgan fingerprint density at radius 3 is 2.42 bits per heavy atom. The fourth-order valence-corrected chi connectivity index (χ4v) is 3.75. The molecule has 0 spiro atoms. The molecule has 6 nitrogen and oxygen atoms in total. The van der Waals surface area contributed by atoms with Crippen molar-refractivity contribution in [1.82, 2.24) is 4.72 Å². The first-order chi connectivity index (χ1) is 8.94. The molecule has 1 N–H and O–H groups in total. The number of methoxy groups -OCH3 is 1. The SMILES string of the molecule is CCC(C#N)S(=O)(=O)NC1CCC(C(=O)OC)CC1. The van der Waals surface area contributed by atoms with Gasteiger partial charge >= 0.3 is 5.97 Å². The maximum atomic E-state index is 11.9. The monoisotopic (exact) mass is 288 g/mol. The van der Waals surface area contributed by atoms with Crippen LogP contribution in [0.2, 0.25) is 0 Å². The molecule has 0 aromatic carbocycles. The smallest absolute Gasteiger partial charge is 0.308 e. The first-order valence-electron chi connectivity index (χ1n) is 6.43. The predicted octanol–water partition coefficient (Wildman–Crippen LogP) is 0.940. The highest BCUT2D eigenvalue weighted by Gasteiger charge is 2.31. The van der Waals surface area contributed by atoms with E-state index in [1.165, 1.54) is 7.11 Å². The topological polar surface area (TPSA) is 96.3 Å². The Labute approximate surface area is 114 Å². The fraction of sp³-hybridized carbons (Fsp3) is 0.833. The molecule has 1 rings (SSSR count). The molecular formula is C12H20N2O4S. The molecule has 108 valence electrons. The second-order valence-corrected chi connectivity index (χ2v) is 6.66. The molecule has 0 aromatic rings. The number of nitrogens with one attached hydrogen (secondary N) is 1. The number of ether oxygens (including phenoxy) is 1. The second kappa shape index (κ2) is 6.87. The molecule has 0 bridgehead atoms. The fourth-order valence-electron chi connectivity index (χ4n) is 2.31. The molecule has 0 heterocycles. The van der Waals surface area contributed by atoms with Crippen LogP contribution in [0.15, 0.2) is 0 Å². The molecule has 0 amide bonds. The molecule has 1 aliphatic rings. The van der Waals surface area contributed by atoms with E-state index in [9.17, 15) is 13.2 Å². The van der Waals surface area contributed by atoms with Gasteiger partial charge in [-0.15, -0.1) is 0 Å². The van der Waals surface area contributed by atoms with E-state index in [1.807, 2.05) is 0 Å². The van der Waals surface area contributed by atoms with Crippen molar-refractivity contribution in [1.29, 1.82) is 5.26 Å². The lowest BCUT2D eigenvalue weighted by atomic mass is 9.86. The molecule has 0 radical (unpaired) electrons. The second-order valence-electron chi connectivity index (χ2n) is 4.76.